The van der Waals surface area contributed by atoms with Crippen LogP contribution in [0.5, 0.6) is 0 Å². The number of nitriles is 1. The lowest BCUT2D eigenvalue weighted by Gasteiger charge is -2.19. The van der Waals surface area contributed by atoms with Gasteiger partial charge in [-0.1, -0.05) is 0 Å². The lowest BCUT2D eigenvalue weighted by atomic mass is 10.1. The van der Waals surface area contributed by atoms with Crippen molar-refractivity contribution in [3.8, 4) is 6.07 Å². The van der Waals surface area contributed by atoms with Crippen LogP contribution in [0.15, 0.2) is 12.3 Å². The van der Waals surface area contributed by atoms with Crippen molar-refractivity contribution >= 4 is 11.7 Å². The Morgan fingerprint density at radius 3 is 2.76 bits per heavy atom. The molecule has 5 heteroatoms. The highest BCUT2D eigenvalue weighted by atomic mass is 16.2. The normalized spacial score (nSPS) is 11.5. The quantitative estimate of drug-likeness (QED) is 0.848. The molecule has 0 spiro atoms. The molecule has 0 radical (unpaired) electrons. The summed E-state index contributed by atoms with van der Waals surface area (Å²) in [6, 6.07) is 3.44. The lowest BCUT2D eigenvalue weighted by molar-refractivity contribution is -0.129. The molecule has 0 saturated heterocycles. The van der Waals surface area contributed by atoms with Crippen LogP contribution in [-0.2, 0) is 4.79 Å². The number of likely N-dealkylation sites (N-methyl/N-ethyl adjacent to an activating group) is 1. The van der Waals surface area contributed by atoms with Crippen molar-refractivity contribution < 1.29 is 4.79 Å². The minimum Gasteiger partial charge on any atom is -0.358 e. The van der Waals surface area contributed by atoms with E-state index in [1.807, 2.05) is 6.92 Å². The van der Waals surface area contributed by atoms with E-state index in [1.165, 1.54) is 4.90 Å². The fourth-order valence-electron chi connectivity index (χ4n) is 1.46. The molecule has 0 aromatic carbocycles. The summed E-state index contributed by atoms with van der Waals surface area (Å²) in [4.78, 5) is 17.3. The van der Waals surface area contributed by atoms with E-state index in [-0.39, 0.29) is 5.91 Å². The molecule has 0 bridgehead atoms. The first-order valence-corrected chi connectivity index (χ1v) is 5.30. The molecule has 1 rings (SSSR count). The van der Waals surface area contributed by atoms with Crippen molar-refractivity contribution in [1.29, 1.82) is 5.26 Å². The summed E-state index contributed by atoms with van der Waals surface area (Å²) in [5.41, 5.74) is 1.32. The number of aryl methyl sites for hydroxylation is 1. The second-order valence-corrected chi connectivity index (χ2v) is 4.06. The SMILES string of the molecule is Cc1ccnc(NC(C)C(=O)N(C)C)c1C#N. The number of aromatic nitrogens is 1. The lowest BCUT2D eigenvalue weighted by Crippen LogP contribution is -2.37. The number of anilines is 1. The van der Waals surface area contributed by atoms with Gasteiger partial charge in [-0.3, -0.25) is 4.79 Å². The maximum atomic E-state index is 11.7. The molecule has 1 N–H and O–H groups in total. The Morgan fingerprint density at radius 1 is 1.59 bits per heavy atom. The van der Waals surface area contributed by atoms with Gasteiger partial charge in [0.05, 0.1) is 5.56 Å². The average molecular weight is 232 g/mol. The van der Waals surface area contributed by atoms with Crippen molar-refractivity contribution in [3.05, 3.63) is 23.4 Å². The van der Waals surface area contributed by atoms with Crippen LogP contribution in [0.1, 0.15) is 18.1 Å². The summed E-state index contributed by atoms with van der Waals surface area (Å²) >= 11 is 0. The van der Waals surface area contributed by atoms with Crippen molar-refractivity contribution in [1.82, 2.24) is 9.88 Å². The third kappa shape index (κ3) is 2.94. The standard InChI is InChI=1S/C12H16N4O/c1-8-5-6-14-11(10(8)7-13)15-9(2)12(17)16(3)4/h5-6,9H,1-4H3,(H,14,15). The number of nitrogens with one attached hydrogen (secondary N) is 1. The molecule has 90 valence electrons. The van der Waals surface area contributed by atoms with E-state index in [9.17, 15) is 4.79 Å². The van der Waals surface area contributed by atoms with Crippen LogP contribution in [0.4, 0.5) is 5.82 Å². The number of carbonyl (C=O) groups excluding carboxylic acids is 1. The highest BCUT2D eigenvalue weighted by molar-refractivity contribution is 5.84. The minimum atomic E-state index is -0.411. The molecule has 1 atom stereocenters. The molecule has 0 fully saturated rings. The van der Waals surface area contributed by atoms with Gasteiger partial charge in [0, 0.05) is 20.3 Å². The Labute approximate surface area is 101 Å². The molecular formula is C12H16N4O. The van der Waals surface area contributed by atoms with E-state index in [1.54, 1.807) is 33.3 Å². The number of rotatable bonds is 3. The largest absolute Gasteiger partial charge is 0.358 e. The van der Waals surface area contributed by atoms with E-state index >= 15 is 0 Å². The zero-order valence-corrected chi connectivity index (χ0v) is 10.5. The Balaban J connectivity index is 2.93. The van der Waals surface area contributed by atoms with Gasteiger partial charge in [0.15, 0.2) is 0 Å². The fourth-order valence-corrected chi connectivity index (χ4v) is 1.46. The highest BCUT2D eigenvalue weighted by Crippen LogP contribution is 2.16. The van der Waals surface area contributed by atoms with Crippen LogP contribution in [0.3, 0.4) is 0 Å². The van der Waals surface area contributed by atoms with E-state index in [0.29, 0.717) is 11.4 Å². The van der Waals surface area contributed by atoms with Crippen molar-refractivity contribution in [3.63, 3.8) is 0 Å². The van der Waals surface area contributed by atoms with Crippen LogP contribution in [0.25, 0.3) is 0 Å². The molecular weight excluding hydrogens is 216 g/mol. The van der Waals surface area contributed by atoms with Gasteiger partial charge >= 0.3 is 0 Å². The number of carbonyl (C=O) groups is 1. The zero-order chi connectivity index (χ0) is 13.0. The number of nitrogens with zero attached hydrogens (tertiary/aromatic N) is 3. The first kappa shape index (κ1) is 13.0. The summed E-state index contributed by atoms with van der Waals surface area (Å²) in [5.74, 6) is 0.396. The van der Waals surface area contributed by atoms with Crippen molar-refractivity contribution in [2.45, 2.75) is 19.9 Å². The summed E-state index contributed by atoms with van der Waals surface area (Å²) < 4.78 is 0. The van der Waals surface area contributed by atoms with Crippen molar-refractivity contribution in [2.24, 2.45) is 0 Å². The summed E-state index contributed by atoms with van der Waals surface area (Å²) in [5, 5.41) is 12.0. The summed E-state index contributed by atoms with van der Waals surface area (Å²) in [6.45, 7) is 3.58. The summed E-state index contributed by atoms with van der Waals surface area (Å²) in [7, 11) is 3.38. The molecule has 1 heterocycles. The molecule has 5 nitrogen and oxygen atoms in total. The number of hydrogen-bond acceptors (Lipinski definition) is 4. The van der Waals surface area contributed by atoms with Crippen LogP contribution < -0.4 is 5.32 Å². The van der Waals surface area contributed by atoms with E-state index in [0.717, 1.165) is 5.56 Å². The van der Waals surface area contributed by atoms with E-state index in [4.69, 9.17) is 5.26 Å². The highest BCUT2D eigenvalue weighted by Gasteiger charge is 2.17. The predicted octanol–water partition coefficient (Wildman–Crippen LogP) is 1.15. The Morgan fingerprint density at radius 2 is 2.24 bits per heavy atom. The first-order valence-electron chi connectivity index (χ1n) is 5.30. The molecule has 1 aromatic heterocycles. The maximum absolute atomic E-state index is 11.7. The van der Waals surface area contributed by atoms with Gasteiger partial charge < -0.3 is 10.2 Å². The fraction of sp³-hybridized carbons (Fsp3) is 0.417. The molecule has 1 aromatic rings. The Kier molecular flexibility index (Phi) is 4.05. The van der Waals surface area contributed by atoms with Crippen molar-refractivity contribution in [2.75, 3.05) is 19.4 Å². The van der Waals surface area contributed by atoms with Gasteiger partial charge in [0.2, 0.25) is 5.91 Å². The van der Waals surface area contributed by atoms with Gasteiger partial charge in [-0.2, -0.15) is 5.26 Å². The maximum Gasteiger partial charge on any atom is 0.244 e. The van der Waals surface area contributed by atoms with Crippen LogP contribution in [0, 0.1) is 18.3 Å². The zero-order valence-electron chi connectivity index (χ0n) is 10.5. The van der Waals surface area contributed by atoms with Gasteiger partial charge in [-0.25, -0.2) is 4.98 Å². The van der Waals surface area contributed by atoms with E-state index < -0.39 is 6.04 Å². The monoisotopic (exact) mass is 232 g/mol. The van der Waals surface area contributed by atoms with E-state index in [2.05, 4.69) is 16.4 Å². The summed E-state index contributed by atoms with van der Waals surface area (Å²) in [6.07, 6.45) is 1.62. The first-order chi connectivity index (χ1) is 7.97. The molecule has 0 aliphatic heterocycles. The van der Waals surface area contributed by atoms with Gasteiger partial charge in [-0.15, -0.1) is 0 Å². The second-order valence-electron chi connectivity index (χ2n) is 4.06. The molecule has 1 unspecified atom stereocenters. The third-order valence-electron chi connectivity index (χ3n) is 2.44. The van der Waals surface area contributed by atoms with Gasteiger partial charge in [0.25, 0.3) is 0 Å². The number of pyridine rings is 1. The Hall–Kier alpha value is -2.09. The predicted molar refractivity (Wildman–Crippen MR) is 65.5 cm³/mol. The topological polar surface area (TPSA) is 69.0 Å². The van der Waals surface area contributed by atoms with Crippen LogP contribution >= 0.6 is 0 Å². The minimum absolute atomic E-state index is 0.0582. The second kappa shape index (κ2) is 5.30. The van der Waals surface area contributed by atoms with Gasteiger partial charge in [-0.05, 0) is 25.5 Å². The molecule has 1 amide bonds. The molecule has 0 saturated carbocycles. The molecule has 0 aliphatic rings. The molecule has 0 aliphatic carbocycles. The number of hydrogen-bond donors (Lipinski definition) is 1. The average Bonchev–Trinajstić information content (AvgIpc) is 2.28. The van der Waals surface area contributed by atoms with Crippen LogP contribution in [-0.4, -0.2) is 35.9 Å². The molecule has 17 heavy (non-hydrogen) atoms. The number of amides is 1. The Bertz CT molecular complexity index is 462. The van der Waals surface area contributed by atoms with Gasteiger partial charge in [0.1, 0.15) is 17.9 Å². The third-order valence-corrected chi connectivity index (χ3v) is 2.44. The van der Waals surface area contributed by atoms with Crippen LogP contribution in [0.2, 0.25) is 0 Å². The smallest absolute Gasteiger partial charge is 0.244 e.